The molecule has 2 aromatic heterocycles. The summed E-state index contributed by atoms with van der Waals surface area (Å²) in [6.07, 6.45) is 8.19. The molecule has 0 spiro atoms. The van der Waals surface area contributed by atoms with Crippen LogP contribution in [0.5, 0.6) is 0 Å². The highest BCUT2D eigenvalue weighted by atomic mass is 35.5. The molecule has 0 amide bonds. The quantitative estimate of drug-likeness (QED) is 0.594. The highest BCUT2D eigenvalue weighted by Gasteiger charge is 2.23. The first-order valence-electron chi connectivity index (χ1n) is 8.45. The molecule has 3 aromatic rings. The molecule has 0 bridgehead atoms. The van der Waals surface area contributed by atoms with Gasteiger partial charge in [0.25, 0.3) is 0 Å². The lowest BCUT2D eigenvalue weighted by Gasteiger charge is -2.32. The van der Waals surface area contributed by atoms with E-state index in [9.17, 15) is 0 Å². The second-order valence-corrected chi connectivity index (χ2v) is 7.73. The standard InChI is InChI=1S/C19H20ClN3S/c1-23(15-5-3-2-4-6-15)18-17-16(11-24-19(17)22-12-21-18)13-7-9-14(20)10-8-13/h7-12,15H,2-6H2,1H3. The van der Waals surface area contributed by atoms with Crippen molar-refractivity contribution in [1.82, 2.24) is 9.97 Å². The van der Waals surface area contributed by atoms with Crippen LogP contribution >= 0.6 is 22.9 Å². The van der Waals surface area contributed by atoms with Gasteiger partial charge in [-0.2, -0.15) is 0 Å². The summed E-state index contributed by atoms with van der Waals surface area (Å²) < 4.78 is 0. The zero-order valence-electron chi connectivity index (χ0n) is 13.7. The lowest BCUT2D eigenvalue weighted by atomic mass is 9.94. The fraction of sp³-hybridized carbons (Fsp3) is 0.368. The SMILES string of the molecule is CN(c1ncnc2scc(-c3ccc(Cl)cc3)c12)C1CCCCC1. The van der Waals surface area contributed by atoms with Gasteiger partial charge in [-0.25, -0.2) is 9.97 Å². The lowest BCUT2D eigenvalue weighted by Crippen LogP contribution is -2.34. The fourth-order valence-electron chi connectivity index (χ4n) is 3.61. The van der Waals surface area contributed by atoms with Crippen LogP contribution in [-0.4, -0.2) is 23.1 Å². The summed E-state index contributed by atoms with van der Waals surface area (Å²) in [5.74, 6) is 1.05. The van der Waals surface area contributed by atoms with Crippen molar-refractivity contribution in [2.24, 2.45) is 0 Å². The number of hydrogen-bond acceptors (Lipinski definition) is 4. The van der Waals surface area contributed by atoms with Gasteiger partial charge in [-0.1, -0.05) is 43.0 Å². The number of fused-ring (bicyclic) bond motifs is 1. The van der Waals surface area contributed by atoms with E-state index in [1.54, 1.807) is 17.7 Å². The number of aromatic nitrogens is 2. The summed E-state index contributed by atoms with van der Waals surface area (Å²) in [4.78, 5) is 12.6. The molecule has 0 atom stereocenters. The second kappa shape index (κ2) is 6.69. The van der Waals surface area contributed by atoms with Gasteiger partial charge >= 0.3 is 0 Å². The van der Waals surface area contributed by atoms with Crippen molar-refractivity contribution in [3.8, 4) is 11.1 Å². The maximum atomic E-state index is 6.04. The molecule has 1 aliphatic rings. The molecule has 1 aromatic carbocycles. The third kappa shape index (κ3) is 2.89. The van der Waals surface area contributed by atoms with E-state index in [1.165, 1.54) is 43.2 Å². The van der Waals surface area contributed by atoms with Crippen molar-refractivity contribution in [3.05, 3.63) is 41.0 Å². The normalized spacial score (nSPS) is 15.8. The molecular weight excluding hydrogens is 338 g/mol. The second-order valence-electron chi connectivity index (χ2n) is 6.44. The lowest BCUT2D eigenvalue weighted by molar-refractivity contribution is 0.426. The van der Waals surface area contributed by atoms with Crippen LogP contribution in [0.1, 0.15) is 32.1 Å². The molecule has 4 rings (SSSR count). The molecule has 0 radical (unpaired) electrons. The van der Waals surface area contributed by atoms with Crippen LogP contribution in [0.25, 0.3) is 21.3 Å². The summed E-state index contributed by atoms with van der Waals surface area (Å²) in [7, 11) is 2.18. The van der Waals surface area contributed by atoms with E-state index in [1.807, 2.05) is 12.1 Å². The van der Waals surface area contributed by atoms with Crippen LogP contribution in [-0.2, 0) is 0 Å². The van der Waals surface area contributed by atoms with Crippen molar-refractivity contribution in [2.75, 3.05) is 11.9 Å². The Balaban J connectivity index is 1.81. The minimum Gasteiger partial charge on any atom is -0.356 e. The molecule has 3 nitrogen and oxygen atoms in total. The molecule has 0 unspecified atom stereocenters. The Kier molecular flexibility index (Phi) is 4.42. The number of benzene rings is 1. The van der Waals surface area contributed by atoms with E-state index in [0.717, 1.165) is 21.1 Å². The highest BCUT2D eigenvalue weighted by Crippen LogP contribution is 2.39. The van der Waals surface area contributed by atoms with E-state index in [4.69, 9.17) is 11.6 Å². The minimum absolute atomic E-state index is 0.579. The molecule has 1 saturated carbocycles. The number of thiophene rings is 1. The van der Waals surface area contributed by atoms with Crippen LogP contribution in [0.15, 0.2) is 36.0 Å². The van der Waals surface area contributed by atoms with Gasteiger partial charge in [0.05, 0.1) is 5.39 Å². The molecule has 124 valence electrons. The maximum Gasteiger partial charge on any atom is 0.141 e. The van der Waals surface area contributed by atoms with Crippen LogP contribution in [0.2, 0.25) is 5.02 Å². The van der Waals surface area contributed by atoms with Gasteiger partial charge < -0.3 is 4.90 Å². The molecule has 24 heavy (non-hydrogen) atoms. The van der Waals surface area contributed by atoms with Gasteiger partial charge in [-0.3, -0.25) is 0 Å². The van der Waals surface area contributed by atoms with Crippen molar-refractivity contribution in [1.29, 1.82) is 0 Å². The largest absolute Gasteiger partial charge is 0.356 e. The van der Waals surface area contributed by atoms with E-state index in [-0.39, 0.29) is 0 Å². The molecule has 1 fully saturated rings. The number of anilines is 1. The molecule has 2 heterocycles. The Morgan fingerprint density at radius 1 is 1.08 bits per heavy atom. The van der Waals surface area contributed by atoms with Gasteiger partial charge in [0.2, 0.25) is 0 Å². The topological polar surface area (TPSA) is 29.0 Å². The summed E-state index contributed by atoms with van der Waals surface area (Å²) in [6, 6.07) is 8.60. The van der Waals surface area contributed by atoms with Gasteiger partial charge in [0.15, 0.2) is 0 Å². The molecule has 0 saturated heterocycles. The molecular formula is C19H20ClN3S. The van der Waals surface area contributed by atoms with Crippen LogP contribution in [0.3, 0.4) is 0 Å². The van der Waals surface area contributed by atoms with Crippen LogP contribution in [0, 0.1) is 0 Å². The van der Waals surface area contributed by atoms with Crippen molar-refractivity contribution in [3.63, 3.8) is 0 Å². The van der Waals surface area contributed by atoms with Gasteiger partial charge in [-0.15, -0.1) is 11.3 Å². The first-order valence-corrected chi connectivity index (χ1v) is 9.71. The first kappa shape index (κ1) is 15.9. The first-order chi connectivity index (χ1) is 11.7. The van der Waals surface area contributed by atoms with Crippen molar-refractivity contribution < 1.29 is 0 Å². The zero-order chi connectivity index (χ0) is 16.5. The van der Waals surface area contributed by atoms with Crippen molar-refractivity contribution in [2.45, 2.75) is 38.1 Å². The fourth-order valence-corrected chi connectivity index (χ4v) is 4.65. The minimum atomic E-state index is 0.579. The zero-order valence-corrected chi connectivity index (χ0v) is 15.3. The average Bonchev–Trinajstić information content (AvgIpc) is 3.07. The number of halogens is 1. The van der Waals surface area contributed by atoms with Crippen molar-refractivity contribution >= 4 is 39.0 Å². The monoisotopic (exact) mass is 357 g/mol. The molecule has 5 heteroatoms. The predicted octanol–water partition coefficient (Wildman–Crippen LogP) is 5.78. The Hall–Kier alpha value is -1.65. The van der Waals surface area contributed by atoms with E-state index < -0.39 is 0 Å². The summed E-state index contributed by atoms with van der Waals surface area (Å²) in [6.45, 7) is 0. The smallest absolute Gasteiger partial charge is 0.141 e. The van der Waals surface area contributed by atoms with E-state index in [0.29, 0.717) is 6.04 Å². The average molecular weight is 358 g/mol. The summed E-state index contributed by atoms with van der Waals surface area (Å²) in [5.41, 5.74) is 2.36. The number of rotatable bonds is 3. The Morgan fingerprint density at radius 2 is 1.83 bits per heavy atom. The number of hydrogen-bond donors (Lipinski definition) is 0. The Morgan fingerprint density at radius 3 is 2.58 bits per heavy atom. The van der Waals surface area contributed by atoms with Gasteiger partial charge in [0.1, 0.15) is 17.0 Å². The van der Waals surface area contributed by atoms with Gasteiger partial charge in [-0.05, 0) is 30.5 Å². The maximum absolute atomic E-state index is 6.04. The third-order valence-corrected chi connectivity index (χ3v) is 6.10. The Labute approximate surface area is 151 Å². The van der Waals surface area contributed by atoms with E-state index in [2.05, 4.69) is 39.4 Å². The molecule has 0 aliphatic heterocycles. The predicted molar refractivity (Wildman–Crippen MR) is 103 cm³/mol. The van der Waals surface area contributed by atoms with Crippen LogP contribution in [0.4, 0.5) is 5.82 Å². The Bertz CT molecular complexity index is 837. The third-order valence-electron chi connectivity index (χ3n) is 4.96. The molecule has 0 N–H and O–H groups in total. The van der Waals surface area contributed by atoms with Crippen LogP contribution < -0.4 is 4.90 Å². The molecule has 1 aliphatic carbocycles. The van der Waals surface area contributed by atoms with E-state index >= 15 is 0 Å². The highest BCUT2D eigenvalue weighted by molar-refractivity contribution is 7.17. The number of nitrogens with zero attached hydrogens (tertiary/aromatic N) is 3. The van der Waals surface area contributed by atoms with Gasteiger partial charge in [0, 0.05) is 29.1 Å². The summed E-state index contributed by atoms with van der Waals surface area (Å²) >= 11 is 7.72. The summed E-state index contributed by atoms with van der Waals surface area (Å²) in [5, 5.41) is 4.10.